The van der Waals surface area contributed by atoms with Crippen LogP contribution >= 0.6 is 0 Å². The maximum atomic E-state index is 5.64. The van der Waals surface area contributed by atoms with Gasteiger partial charge < -0.3 is 14.7 Å². The summed E-state index contributed by atoms with van der Waals surface area (Å²) in [5.74, 6) is 1.05. The van der Waals surface area contributed by atoms with Gasteiger partial charge in [-0.1, -0.05) is 35.5 Å². The van der Waals surface area contributed by atoms with Gasteiger partial charge in [-0.15, -0.1) is 0 Å². The van der Waals surface area contributed by atoms with Crippen LogP contribution in [-0.4, -0.2) is 43.8 Å². The lowest BCUT2D eigenvalue weighted by Crippen LogP contribution is -2.29. The van der Waals surface area contributed by atoms with Gasteiger partial charge in [0.05, 0.1) is 6.20 Å². The zero-order valence-corrected chi connectivity index (χ0v) is 13.5. The van der Waals surface area contributed by atoms with Gasteiger partial charge in [0.15, 0.2) is 5.76 Å². The first-order valence-electron chi connectivity index (χ1n) is 8.07. The lowest BCUT2D eigenvalue weighted by Gasteiger charge is -2.15. The van der Waals surface area contributed by atoms with E-state index in [0.29, 0.717) is 0 Å². The SMILES string of the molecule is CN(C)CCCNCC1(c2oncc2-c2ccccc2)CC1. The molecule has 22 heavy (non-hydrogen) atoms. The second-order valence-electron chi connectivity index (χ2n) is 6.55. The highest BCUT2D eigenvalue weighted by atomic mass is 16.5. The van der Waals surface area contributed by atoms with Crippen LogP contribution in [-0.2, 0) is 5.41 Å². The highest BCUT2D eigenvalue weighted by Crippen LogP contribution is 2.50. The third kappa shape index (κ3) is 3.39. The summed E-state index contributed by atoms with van der Waals surface area (Å²) in [6, 6.07) is 10.4. The molecule has 1 aliphatic carbocycles. The minimum absolute atomic E-state index is 0.153. The van der Waals surface area contributed by atoms with E-state index < -0.39 is 0 Å². The van der Waals surface area contributed by atoms with Gasteiger partial charge in [0, 0.05) is 17.5 Å². The summed E-state index contributed by atoms with van der Waals surface area (Å²) in [5, 5.41) is 7.66. The molecule has 0 atom stereocenters. The summed E-state index contributed by atoms with van der Waals surface area (Å²) in [5.41, 5.74) is 2.49. The molecule has 4 heteroatoms. The van der Waals surface area contributed by atoms with Gasteiger partial charge in [0.1, 0.15) is 0 Å². The predicted octanol–water partition coefficient (Wildman–Crippen LogP) is 2.91. The molecule has 2 aromatic rings. The highest BCUT2D eigenvalue weighted by Gasteiger charge is 2.48. The summed E-state index contributed by atoms with van der Waals surface area (Å²) in [6.45, 7) is 3.15. The van der Waals surface area contributed by atoms with E-state index in [0.717, 1.165) is 31.0 Å². The van der Waals surface area contributed by atoms with E-state index >= 15 is 0 Å². The van der Waals surface area contributed by atoms with Crippen LogP contribution in [0.4, 0.5) is 0 Å². The molecule has 1 aromatic carbocycles. The molecule has 1 aromatic heterocycles. The van der Waals surface area contributed by atoms with Crippen molar-refractivity contribution in [1.29, 1.82) is 0 Å². The quantitative estimate of drug-likeness (QED) is 0.761. The standard InChI is InChI=1S/C18H25N3O/c1-21(2)12-6-11-19-14-18(9-10-18)17-16(13-20-22-17)15-7-4-3-5-8-15/h3-5,7-8,13,19H,6,9-12,14H2,1-2H3. The van der Waals surface area contributed by atoms with E-state index in [1.165, 1.54) is 24.8 Å². The van der Waals surface area contributed by atoms with Crippen molar-refractivity contribution in [2.24, 2.45) is 0 Å². The normalized spacial score (nSPS) is 16.1. The summed E-state index contributed by atoms with van der Waals surface area (Å²) < 4.78 is 5.64. The first-order chi connectivity index (χ1) is 10.7. The number of hydrogen-bond acceptors (Lipinski definition) is 4. The maximum absolute atomic E-state index is 5.64. The number of benzene rings is 1. The first kappa shape index (κ1) is 15.3. The van der Waals surface area contributed by atoms with Crippen molar-refractivity contribution in [2.45, 2.75) is 24.7 Å². The molecule has 118 valence electrons. The van der Waals surface area contributed by atoms with Crippen molar-refractivity contribution in [2.75, 3.05) is 33.7 Å². The minimum atomic E-state index is 0.153. The number of hydrogen-bond donors (Lipinski definition) is 1. The molecular weight excluding hydrogens is 274 g/mol. The molecule has 3 rings (SSSR count). The zero-order chi connectivity index (χ0) is 15.4. The van der Waals surface area contributed by atoms with Gasteiger partial charge >= 0.3 is 0 Å². The molecular formula is C18H25N3O. The number of aromatic nitrogens is 1. The van der Waals surface area contributed by atoms with Crippen molar-refractivity contribution in [1.82, 2.24) is 15.4 Å². The van der Waals surface area contributed by atoms with Crippen molar-refractivity contribution in [3.8, 4) is 11.1 Å². The molecule has 0 amide bonds. The maximum Gasteiger partial charge on any atom is 0.151 e. The van der Waals surface area contributed by atoms with Crippen LogP contribution in [0.2, 0.25) is 0 Å². The van der Waals surface area contributed by atoms with Crippen molar-refractivity contribution in [3.63, 3.8) is 0 Å². The van der Waals surface area contributed by atoms with Gasteiger partial charge in [-0.05, 0) is 52.0 Å². The Kier molecular flexibility index (Phi) is 4.60. The fourth-order valence-electron chi connectivity index (χ4n) is 2.93. The minimum Gasteiger partial charge on any atom is -0.360 e. The average Bonchev–Trinajstić information content (AvgIpc) is 3.14. The van der Waals surface area contributed by atoms with E-state index in [4.69, 9.17) is 4.52 Å². The molecule has 4 nitrogen and oxygen atoms in total. The van der Waals surface area contributed by atoms with Gasteiger partial charge in [-0.2, -0.15) is 0 Å². The van der Waals surface area contributed by atoms with Crippen molar-refractivity contribution < 1.29 is 4.52 Å². The first-order valence-corrected chi connectivity index (χ1v) is 8.07. The third-order valence-electron chi connectivity index (χ3n) is 4.41. The number of nitrogens with zero attached hydrogens (tertiary/aromatic N) is 2. The summed E-state index contributed by atoms with van der Waals surface area (Å²) >= 11 is 0. The lowest BCUT2D eigenvalue weighted by atomic mass is 9.96. The van der Waals surface area contributed by atoms with Gasteiger partial charge in [-0.3, -0.25) is 0 Å². The van der Waals surface area contributed by atoms with E-state index in [-0.39, 0.29) is 5.41 Å². The van der Waals surface area contributed by atoms with E-state index in [1.54, 1.807) is 0 Å². The fourth-order valence-corrected chi connectivity index (χ4v) is 2.93. The molecule has 0 bridgehead atoms. The Labute approximate surface area is 132 Å². The van der Waals surface area contributed by atoms with Crippen LogP contribution < -0.4 is 5.32 Å². The van der Waals surface area contributed by atoms with E-state index in [2.05, 4.69) is 53.7 Å². The number of rotatable bonds is 8. The predicted molar refractivity (Wildman–Crippen MR) is 88.9 cm³/mol. The molecule has 1 N–H and O–H groups in total. The smallest absolute Gasteiger partial charge is 0.151 e. The van der Waals surface area contributed by atoms with Crippen LogP contribution in [0.3, 0.4) is 0 Å². The highest BCUT2D eigenvalue weighted by molar-refractivity contribution is 5.66. The average molecular weight is 299 g/mol. The van der Waals surface area contributed by atoms with Crippen LogP contribution in [0, 0.1) is 0 Å². The Morgan fingerprint density at radius 1 is 1.23 bits per heavy atom. The Balaban J connectivity index is 1.63. The molecule has 1 saturated carbocycles. The molecule has 1 heterocycles. The van der Waals surface area contributed by atoms with Gasteiger partial charge in [0.25, 0.3) is 0 Å². The summed E-state index contributed by atoms with van der Waals surface area (Å²) in [7, 11) is 4.23. The van der Waals surface area contributed by atoms with Crippen LogP contribution in [0.15, 0.2) is 41.1 Å². The number of nitrogens with one attached hydrogen (secondary N) is 1. The zero-order valence-electron chi connectivity index (χ0n) is 13.5. The van der Waals surface area contributed by atoms with E-state index in [9.17, 15) is 0 Å². The van der Waals surface area contributed by atoms with Crippen LogP contribution in [0.5, 0.6) is 0 Å². The van der Waals surface area contributed by atoms with Crippen molar-refractivity contribution in [3.05, 3.63) is 42.3 Å². The molecule has 0 unspecified atom stereocenters. The third-order valence-corrected chi connectivity index (χ3v) is 4.41. The summed E-state index contributed by atoms with van der Waals surface area (Å²) in [6.07, 6.45) is 5.40. The summed E-state index contributed by atoms with van der Waals surface area (Å²) in [4.78, 5) is 2.22. The Hall–Kier alpha value is -1.65. The fraction of sp³-hybridized carbons (Fsp3) is 0.500. The van der Waals surface area contributed by atoms with Gasteiger partial charge in [-0.25, -0.2) is 0 Å². The van der Waals surface area contributed by atoms with Gasteiger partial charge in [0.2, 0.25) is 0 Å². The molecule has 1 fully saturated rings. The second-order valence-corrected chi connectivity index (χ2v) is 6.55. The topological polar surface area (TPSA) is 41.3 Å². The Bertz CT molecular complexity index is 587. The molecule has 0 saturated heterocycles. The van der Waals surface area contributed by atoms with Crippen LogP contribution in [0.1, 0.15) is 25.0 Å². The molecule has 0 radical (unpaired) electrons. The monoisotopic (exact) mass is 299 g/mol. The molecule has 1 aliphatic rings. The second kappa shape index (κ2) is 6.63. The Morgan fingerprint density at radius 3 is 2.68 bits per heavy atom. The van der Waals surface area contributed by atoms with Crippen LogP contribution in [0.25, 0.3) is 11.1 Å². The molecule has 0 spiro atoms. The Morgan fingerprint density at radius 2 is 2.00 bits per heavy atom. The largest absolute Gasteiger partial charge is 0.360 e. The molecule has 0 aliphatic heterocycles. The lowest BCUT2D eigenvalue weighted by molar-refractivity contribution is 0.343. The van der Waals surface area contributed by atoms with Crippen molar-refractivity contribution >= 4 is 0 Å². The van der Waals surface area contributed by atoms with E-state index in [1.807, 2.05) is 12.3 Å².